The summed E-state index contributed by atoms with van der Waals surface area (Å²) in [7, 11) is 1.68. The van der Waals surface area contributed by atoms with Crippen LogP contribution in [-0.4, -0.2) is 73.4 Å². The van der Waals surface area contributed by atoms with Gasteiger partial charge in [-0.1, -0.05) is 24.6 Å². The monoisotopic (exact) mass is 460 g/mol. The molecule has 1 amide bonds. The van der Waals surface area contributed by atoms with Gasteiger partial charge in [0.25, 0.3) is 0 Å². The molecule has 0 saturated heterocycles. The van der Waals surface area contributed by atoms with Gasteiger partial charge < -0.3 is 19.5 Å². The molecule has 1 aliphatic rings. The molecule has 7 heteroatoms. The molecule has 2 unspecified atom stereocenters. The number of methoxy groups -OCH3 is 1. The van der Waals surface area contributed by atoms with Gasteiger partial charge in [0.15, 0.2) is 0 Å². The topological polar surface area (TPSA) is 62.2 Å². The maximum Gasteiger partial charge on any atom is 0.237 e. The number of carbonyl (C=O) groups is 1. The summed E-state index contributed by atoms with van der Waals surface area (Å²) in [6, 6.07) is 10.0. The second-order valence-corrected chi connectivity index (χ2v) is 9.42. The van der Waals surface area contributed by atoms with Crippen molar-refractivity contribution in [1.82, 2.24) is 9.80 Å². The average Bonchev–Trinajstić information content (AvgIpc) is 3.27. The van der Waals surface area contributed by atoms with Crippen LogP contribution in [0.25, 0.3) is 0 Å². The molecule has 1 N–H and O–H groups in total. The zero-order valence-corrected chi connectivity index (χ0v) is 20.3. The van der Waals surface area contributed by atoms with E-state index in [1.807, 2.05) is 36.1 Å². The van der Waals surface area contributed by atoms with Gasteiger partial charge in [-0.25, -0.2) is 0 Å². The second kappa shape index (κ2) is 12.3. The van der Waals surface area contributed by atoms with Crippen LogP contribution in [-0.2, 0) is 16.0 Å². The maximum absolute atomic E-state index is 13.4. The molecule has 1 aromatic carbocycles. The van der Waals surface area contributed by atoms with Gasteiger partial charge in [-0.2, -0.15) is 0 Å². The number of fused-ring (bicyclic) bond motifs is 1. The van der Waals surface area contributed by atoms with Crippen molar-refractivity contribution in [2.75, 3.05) is 46.5 Å². The van der Waals surface area contributed by atoms with Gasteiger partial charge >= 0.3 is 0 Å². The number of carbonyl (C=O) groups excluding carboxylic acids is 1. The molecule has 3 rings (SSSR count). The van der Waals surface area contributed by atoms with Crippen molar-refractivity contribution < 1.29 is 19.4 Å². The number of aryl methyl sites for hydroxylation is 1. The molecule has 1 aromatic heterocycles. The minimum absolute atomic E-state index is 0.0834. The number of ether oxygens (including phenoxy) is 2. The summed E-state index contributed by atoms with van der Waals surface area (Å²) in [5, 5.41) is 12.3. The highest BCUT2D eigenvalue weighted by Crippen LogP contribution is 2.34. The van der Waals surface area contributed by atoms with Crippen LogP contribution in [0.1, 0.15) is 41.8 Å². The first-order chi connectivity index (χ1) is 15.5. The smallest absolute Gasteiger partial charge is 0.237 e. The van der Waals surface area contributed by atoms with Crippen LogP contribution in [0.5, 0.6) is 5.75 Å². The number of nitrogens with zero attached hydrogens (tertiary/aromatic N) is 2. The summed E-state index contributed by atoms with van der Waals surface area (Å²) in [5.74, 6) is 0.901. The fraction of sp³-hybridized carbons (Fsp3) is 0.560. The average molecular weight is 461 g/mol. The lowest BCUT2D eigenvalue weighted by Gasteiger charge is -2.37. The Kier molecular flexibility index (Phi) is 9.53. The van der Waals surface area contributed by atoms with Crippen LogP contribution in [0.3, 0.4) is 0 Å². The Morgan fingerprint density at radius 2 is 2.09 bits per heavy atom. The highest BCUT2D eigenvalue weighted by atomic mass is 32.1. The third-order valence-corrected chi connectivity index (χ3v) is 6.96. The van der Waals surface area contributed by atoms with Gasteiger partial charge in [0, 0.05) is 38.2 Å². The Labute approximate surface area is 195 Å². The van der Waals surface area contributed by atoms with E-state index in [0.717, 1.165) is 25.1 Å². The van der Waals surface area contributed by atoms with E-state index >= 15 is 0 Å². The molecule has 2 heterocycles. The van der Waals surface area contributed by atoms with Gasteiger partial charge in [-0.15, -0.1) is 11.3 Å². The number of amides is 1. The van der Waals surface area contributed by atoms with E-state index in [1.165, 1.54) is 16.0 Å². The molecule has 0 aliphatic carbocycles. The minimum Gasteiger partial charge on any atom is -0.491 e. The van der Waals surface area contributed by atoms with Gasteiger partial charge in [0.05, 0.1) is 18.7 Å². The van der Waals surface area contributed by atoms with Crippen molar-refractivity contribution in [2.45, 2.75) is 45.3 Å². The van der Waals surface area contributed by atoms with Gasteiger partial charge in [0.1, 0.15) is 12.4 Å². The van der Waals surface area contributed by atoms with E-state index in [1.54, 1.807) is 18.4 Å². The van der Waals surface area contributed by atoms with Crippen LogP contribution < -0.4 is 4.74 Å². The van der Waals surface area contributed by atoms with Gasteiger partial charge in [-0.05, 0) is 55.3 Å². The molecule has 32 heavy (non-hydrogen) atoms. The zero-order chi connectivity index (χ0) is 22.9. The lowest BCUT2D eigenvalue weighted by molar-refractivity contribution is -0.136. The van der Waals surface area contributed by atoms with Crippen LogP contribution in [0.4, 0.5) is 0 Å². The lowest BCUT2D eigenvalue weighted by Crippen LogP contribution is -2.48. The Morgan fingerprint density at radius 1 is 1.31 bits per heavy atom. The number of aliphatic hydroxyl groups is 1. The van der Waals surface area contributed by atoms with Crippen LogP contribution >= 0.6 is 11.3 Å². The highest BCUT2D eigenvalue weighted by molar-refractivity contribution is 7.10. The molecule has 6 nitrogen and oxygen atoms in total. The van der Waals surface area contributed by atoms with Crippen molar-refractivity contribution in [3.8, 4) is 5.75 Å². The molecule has 0 fully saturated rings. The van der Waals surface area contributed by atoms with Gasteiger partial charge in [0.2, 0.25) is 5.91 Å². The summed E-state index contributed by atoms with van der Waals surface area (Å²) in [4.78, 5) is 18.8. The Bertz CT molecular complexity index is 839. The molecule has 1 aliphatic heterocycles. The van der Waals surface area contributed by atoms with E-state index in [2.05, 4.69) is 23.3 Å². The lowest BCUT2D eigenvalue weighted by atomic mass is 10.0. The van der Waals surface area contributed by atoms with E-state index in [-0.39, 0.29) is 11.9 Å². The number of hydrogen-bond acceptors (Lipinski definition) is 6. The molecule has 176 valence electrons. The molecular formula is C25H36N2O4S. The van der Waals surface area contributed by atoms with Crippen LogP contribution in [0, 0.1) is 6.92 Å². The van der Waals surface area contributed by atoms with Crippen LogP contribution in [0.15, 0.2) is 35.7 Å². The van der Waals surface area contributed by atoms with Crippen LogP contribution in [0.2, 0.25) is 0 Å². The number of benzene rings is 1. The van der Waals surface area contributed by atoms with Crippen molar-refractivity contribution in [3.05, 3.63) is 51.7 Å². The molecule has 2 aromatic rings. The summed E-state index contributed by atoms with van der Waals surface area (Å²) in [6.45, 7) is 7.28. The first kappa shape index (κ1) is 24.7. The Hall–Kier alpha value is -1.93. The highest BCUT2D eigenvalue weighted by Gasteiger charge is 2.33. The third-order valence-electron chi connectivity index (χ3n) is 5.97. The summed E-state index contributed by atoms with van der Waals surface area (Å²) >= 11 is 1.75. The normalized spacial score (nSPS) is 16.8. The predicted octanol–water partition coefficient (Wildman–Crippen LogP) is 3.67. The van der Waals surface area contributed by atoms with Crippen molar-refractivity contribution in [2.24, 2.45) is 0 Å². The maximum atomic E-state index is 13.4. The predicted molar refractivity (Wildman–Crippen MR) is 128 cm³/mol. The van der Waals surface area contributed by atoms with E-state index < -0.39 is 6.10 Å². The molecule has 0 saturated carbocycles. The first-order valence-electron chi connectivity index (χ1n) is 11.5. The fourth-order valence-electron chi connectivity index (χ4n) is 4.06. The quantitative estimate of drug-likeness (QED) is 0.490. The fourth-order valence-corrected chi connectivity index (χ4v) is 4.99. The van der Waals surface area contributed by atoms with Crippen molar-refractivity contribution in [1.29, 1.82) is 0 Å². The van der Waals surface area contributed by atoms with Crippen molar-refractivity contribution >= 4 is 17.2 Å². The summed E-state index contributed by atoms with van der Waals surface area (Å²) in [5.41, 5.74) is 2.39. The molecule has 2 atom stereocenters. The first-order valence-corrected chi connectivity index (χ1v) is 12.3. The number of aliphatic hydroxyl groups excluding tert-OH is 1. The molecule has 0 bridgehead atoms. The van der Waals surface area contributed by atoms with Crippen molar-refractivity contribution in [3.63, 3.8) is 0 Å². The number of hydrogen-bond donors (Lipinski definition) is 1. The summed E-state index contributed by atoms with van der Waals surface area (Å²) < 4.78 is 11.3. The van der Waals surface area contributed by atoms with Gasteiger partial charge in [-0.3, -0.25) is 9.69 Å². The second-order valence-electron chi connectivity index (χ2n) is 8.42. The number of thiophene rings is 1. The van der Waals surface area contributed by atoms with E-state index in [9.17, 15) is 9.90 Å². The SMILES string of the molecule is CCC(O)CN(CCCOC)CC(=O)N1CCc2sccc2C1COc1ccc(C)cc1. The molecule has 0 spiro atoms. The standard InChI is InChI=1S/C25H36N2O4S/c1-4-20(28)16-26(12-5-14-30-3)17-25(29)27-13-10-24-22(11-15-32-24)23(27)18-31-21-8-6-19(2)7-9-21/h6-9,11,15,20,23,28H,4-5,10,12-14,16-18H2,1-3H3. The zero-order valence-electron chi connectivity index (χ0n) is 19.5. The largest absolute Gasteiger partial charge is 0.491 e. The minimum atomic E-state index is -0.434. The van der Waals surface area contributed by atoms with E-state index in [4.69, 9.17) is 9.47 Å². The molecular weight excluding hydrogens is 424 g/mol. The Morgan fingerprint density at radius 3 is 2.81 bits per heavy atom. The molecule has 0 radical (unpaired) electrons. The Balaban J connectivity index is 1.70. The summed E-state index contributed by atoms with van der Waals surface area (Å²) in [6.07, 6.45) is 1.94. The third kappa shape index (κ3) is 6.78. The van der Waals surface area contributed by atoms with E-state index in [0.29, 0.717) is 39.3 Å². The number of rotatable bonds is 12.